The van der Waals surface area contributed by atoms with Gasteiger partial charge in [-0.25, -0.2) is 4.79 Å². The molecule has 0 unspecified atom stereocenters. The first kappa shape index (κ1) is 16.6. The summed E-state index contributed by atoms with van der Waals surface area (Å²) in [7, 11) is 1.58. The van der Waals surface area contributed by atoms with Gasteiger partial charge in [-0.3, -0.25) is 0 Å². The Hall–Kier alpha value is -3.28. The van der Waals surface area contributed by atoms with Gasteiger partial charge in [0.2, 0.25) is 0 Å². The summed E-state index contributed by atoms with van der Waals surface area (Å²) < 4.78 is 15.7. The minimum Gasteiger partial charge on any atom is -0.508 e. The largest absolute Gasteiger partial charge is 0.508 e. The van der Waals surface area contributed by atoms with Gasteiger partial charge in [-0.05, 0) is 36.8 Å². The van der Waals surface area contributed by atoms with Crippen LogP contribution < -0.4 is 4.74 Å². The van der Waals surface area contributed by atoms with Crippen LogP contribution in [0, 0.1) is 6.92 Å². The van der Waals surface area contributed by atoms with Crippen molar-refractivity contribution in [3.63, 3.8) is 0 Å². The van der Waals surface area contributed by atoms with E-state index >= 15 is 0 Å². The number of rotatable bonds is 5. The molecule has 6 nitrogen and oxygen atoms in total. The normalized spacial score (nSPS) is 10.5. The molecule has 0 spiro atoms. The number of carbonyl (C=O) groups excluding carboxylic acids is 1. The number of para-hydroxylation sites is 1. The van der Waals surface area contributed by atoms with Crippen molar-refractivity contribution in [3.05, 3.63) is 65.4 Å². The summed E-state index contributed by atoms with van der Waals surface area (Å²) in [5.41, 5.74) is 2.34. The maximum Gasteiger partial charge on any atom is 0.338 e. The van der Waals surface area contributed by atoms with Crippen molar-refractivity contribution in [2.45, 2.75) is 13.5 Å². The Kier molecular flexibility index (Phi) is 4.70. The topological polar surface area (TPSA) is 81.8 Å². The lowest BCUT2D eigenvalue weighted by atomic mass is 10.1. The van der Waals surface area contributed by atoms with Crippen molar-refractivity contribution >= 4 is 5.97 Å². The molecule has 0 amide bonds. The molecule has 3 rings (SSSR count). The number of carbonyl (C=O) groups is 1. The van der Waals surface area contributed by atoms with E-state index in [0.717, 1.165) is 5.56 Å². The Balaban J connectivity index is 1.69. The first-order chi connectivity index (χ1) is 12.1. The van der Waals surface area contributed by atoms with E-state index in [-0.39, 0.29) is 17.9 Å². The van der Waals surface area contributed by atoms with E-state index in [4.69, 9.17) is 14.0 Å². The van der Waals surface area contributed by atoms with Gasteiger partial charge >= 0.3 is 5.97 Å². The molecule has 128 valence electrons. The minimum absolute atomic E-state index is 0.0487. The highest BCUT2D eigenvalue weighted by Crippen LogP contribution is 2.29. The lowest BCUT2D eigenvalue weighted by Crippen LogP contribution is -2.04. The fourth-order valence-corrected chi connectivity index (χ4v) is 2.32. The molecule has 1 N–H and O–H groups in total. The number of methoxy groups -OCH3 is 1. The van der Waals surface area contributed by atoms with Gasteiger partial charge in [0.15, 0.2) is 12.4 Å². The van der Waals surface area contributed by atoms with Crippen LogP contribution in [-0.2, 0) is 11.3 Å². The summed E-state index contributed by atoms with van der Waals surface area (Å²) in [6.07, 6.45) is 0. The fraction of sp³-hybridized carbons (Fsp3) is 0.158. The predicted octanol–water partition coefficient (Wildman–Crippen LogP) is 3.72. The molecule has 0 aliphatic carbocycles. The number of hydrogen-bond acceptors (Lipinski definition) is 6. The van der Waals surface area contributed by atoms with Gasteiger partial charge < -0.3 is 19.1 Å². The predicted molar refractivity (Wildman–Crippen MR) is 90.5 cm³/mol. The summed E-state index contributed by atoms with van der Waals surface area (Å²) >= 11 is 0. The standard InChI is InChI=1S/C19H17NO5/c1-12-7-8-13(9-17(12)21)19(22)24-11-14-10-16(20-25-14)15-5-3-4-6-18(15)23-2/h3-10,21H,11H2,1-2H3. The van der Waals surface area contributed by atoms with Crippen LogP contribution in [0.1, 0.15) is 21.7 Å². The quantitative estimate of drug-likeness (QED) is 0.714. The third-order valence-electron chi connectivity index (χ3n) is 3.73. The van der Waals surface area contributed by atoms with Crippen molar-refractivity contribution in [3.8, 4) is 22.8 Å². The van der Waals surface area contributed by atoms with E-state index in [0.29, 0.717) is 22.8 Å². The molecule has 3 aromatic rings. The number of benzene rings is 2. The zero-order valence-electron chi connectivity index (χ0n) is 13.9. The second kappa shape index (κ2) is 7.09. The number of phenolic OH excluding ortho intramolecular Hbond substituents is 1. The van der Waals surface area contributed by atoms with Crippen LogP contribution in [0.15, 0.2) is 53.1 Å². The first-order valence-corrected chi connectivity index (χ1v) is 7.64. The van der Waals surface area contributed by atoms with Crippen molar-refractivity contribution in [1.82, 2.24) is 5.16 Å². The summed E-state index contributed by atoms with van der Waals surface area (Å²) in [5.74, 6) is 0.582. The first-order valence-electron chi connectivity index (χ1n) is 7.64. The molecule has 0 aliphatic rings. The van der Waals surface area contributed by atoms with Crippen LogP contribution in [0.3, 0.4) is 0 Å². The molecule has 0 radical (unpaired) electrons. The number of hydrogen-bond donors (Lipinski definition) is 1. The number of phenols is 1. The molecule has 0 aliphatic heterocycles. The number of nitrogens with zero attached hydrogens (tertiary/aromatic N) is 1. The second-order valence-electron chi connectivity index (χ2n) is 5.46. The molecule has 0 saturated carbocycles. The molecule has 0 bridgehead atoms. The van der Waals surface area contributed by atoms with Gasteiger partial charge in [0, 0.05) is 11.6 Å². The zero-order chi connectivity index (χ0) is 17.8. The zero-order valence-corrected chi connectivity index (χ0v) is 13.9. The summed E-state index contributed by atoms with van der Waals surface area (Å²) in [6, 6.07) is 13.7. The SMILES string of the molecule is COc1ccccc1-c1cc(COC(=O)c2ccc(C)c(O)c2)on1. The third-order valence-corrected chi connectivity index (χ3v) is 3.73. The van der Waals surface area contributed by atoms with Crippen molar-refractivity contribution < 1.29 is 23.9 Å². The molecule has 1 aromatic heterocycles. The maximum atomic E-state index is 12.0. The number of ether oxygens (including phenoxy) is 2. The van der Waals surface area contributed by atoms with Crippen molar-refractivity contribution in [2.75, 3.05) is 7.11 Å². The van der Waals surface area contributed by atoms with Gasteiger partial charge in [0.05, 0.1) is 12.7 Å². The molecule has 1 heterocycles. The smallest absolute Gasteiger partial charge is 0.338 e. The van der Waals surface area contributed by atoms with E-state index in [1.165, 1.54) is 6.07 Å². The van der Waals surface area contributed by atoms with Gasteiger partial charge in [0.1, 0.15) is 17.2 Å². The Bertz CT molecular complexity index is 900. The molecule has 25 heavy (non-hydrogen) atoms. The number of aryl methyl sites for hydroxylation is 1. The average molecular weight is 339 g/mol. The summed E-state index contributed by atoms with van der Waals surface area (Å²) in [6.45, 7) is 1.69. The lowest BCUT2D eigenvalue weighted by Gasteiger charge is -2.04. The van der Waals surface area contributed by atoms with Crippen molar-refractivity contribution in [2.24, 2.45) is 0 Å². The van der Waals surface area contributed by atoms with Crippen LogP contribution >= 0.6 is 0 Å². The average Bonchev–Trinajstić information content (AvgIpc) is 3.10. The van der Waals surface area contributed by atoms with Crippen LogP contribution in [0.25, 0.3) is 11.3 Å². The second-order valence-corrected chi connectivity index (χ2v) is 5.46. The van der Waals surface area contributed by atoms with Crippen molar-refractivity contribution in [1.29, 1.82) is 0 Å². The number of aromatic hydroxyl groups is 1. The Labute approximate surface area is 144 Å². The highest BCUT2D eigenvalue weighted by atomic mass is 16.5. The van der Waals surface area contributed by atoms with E-state index in [9.17, 15) is 9.90 Å². The monoisotopic (exact) mass is 339 g/mol. The maximum absolute atomic E-state index is 12.0. The van der Waals surface area contributed by atoms with Gasteiger partial charge in [-0.1, -0.05) is 23.4 Å². The molecule has 6 heteroatoms. The number of esters is 1. The fourth-order valence-electron chi connectivity index (χ4n) is 2.32. The Morgan fingerprint density at radius 2 is 2.00 bits per heavy atom. The van der Waals surface area contributed by atoms with Gasteiger partial charge in [0.25, 0.3) is 0 Å². The molecule has 0 atom stereocenters. The Morgan fingerprint density at radius 1 is 1.20 bits per heavy atom. The van der Waals surface area contributed by atoms with E-state index in [2.05, 4.69) is 5.16 Å². The van der Waals surface area contributed by atoms with E-state index in [1.807, 2.05) is 24.3 Å². The molecule has 0 fully saturated rings. The van der Waals surface area contributed by atoms with E-state index < -0.39 is 5.97 Å². The Morgan fingerprint density at radius 3 is 2.76 bits per heavy atom. The van der Waals surface area contributed by atoms with Crippen LogP contribution in [0.2, 0.25) is 0 Å². The number of aromatic nitrogens is 1. The molecular weight excluding hydrogens is 322 g/mol. The highest BCUT2D eigenvalue weighted by molar-refractivity contribution is 5.90. The third kappa shape index (κ3) is 3.63. The molecule has 0 saturated heterocycles. The van der Waals surface area contributed by atoms with Crippen LogP contribution in [-0.4, -0.2) is 23.3 Å². The van der Waals surface area contributed by atoms with Gasteiger partial charge in [-0.15, -0.1) is 0 Å². The summed E-state index contributed by atoms with van der Waals surface area (Å²) in [5, 5.41) is 13.6. The highest BCUT2D eigenvalue weighted by Gasteiger charge is 2.14. The van der Waals surface area contributed by atoms with E-state index in [1.54, 1.807) is 32.2 Å². The molecule has 2 aromatic carbocycles. The van der Waals surface area contributed by atoms with Gasteiger partial charge in [-0.2, -0.15) is 0 Å². The summed E-state index contributed by atoms with van der Waals surface area (Å²) in [4.78, 5) is 12.0. The lowest BCUT2D eigenvalue weighted by molar-refractivity contribution is 0.0437. The minimum atomic E-state index is -0.550. The van der Waals surface area contributed by atoms with Crippen LogP contribution in [0.4, 0.5) is 0 Å². The van der Waals surface area contributed by atoms with Crippen LogP contribution in [0.5, 0.6) is 11.5 Å². The molecular formula is C19H17NO5.